The Kier molecular flexibility index (Phi) is 5.62. The topological polar surface area (TPSA) is 67.2 Å². The van der Waals surface area contributed by atoms with E-state index in [-0.39, 0.29) is 24.4 Å². The Hall–Kier alpha value is -1.07. The third-order valence-electron chi connectivity index (χ3n) is 3.25. The van der Waals surface area contributed by atoms with Crippen LogP contribution < -0.4 is 10.6 Å². The van der Waals surface area contributed by atoms with Crippen LogP contribution in [0.2, 0.25) is 0 Å². The first-order valence-electron chi connectivity index (χ1n) is 6.11. The lowest BCUT2D eigenvalue weighted by molar-refractivity contribution is -0.123. The number of nitrogens with one attached hydrogen (secondary N) is 2. The second-order valence-corrected chi connectivity index (χ2v) is 4.52. The van der Waals surface area contributed by atoms with E-state index >= 15 is 0 Å². The van der Waals surface area contributed by atoms with Gasteiger partial charge in [-0.05, 0) is 33.2 Å². The van der Waals surface area contributed by atoms with E-state index in [4.69, 9.17) is 4.52 Å². The van der Waals surface area contributed by atoms with Crippen LogP contribution in [-0.4, -0.2) is 23.7 Å². The number of hydrogen-bond acceptors (Lipinski definition) is 4. The number of aryl methyl sites for hydroxylation is 2. The van der Waals surface area contributed by atoms with E-state index in [0.29, 0.717) is 6.54 Å². The van der Waals surface area contributed by atoms with Gasteiger partial charge in [0, 0.05) is 12.1 Å². The summed E-state index contributed by atoms with van der Waals surface area (Å²) in [5, 5.41) is 10.0. The van der Waals surface area contributed by atoms with E-state index in [1.807, 2.05) is 13.8 Å². The standard InChI is InChI=1S/C12H19N3O2.ClH/c1-8-10(9(2)17-15-8)7-14-12(16)11-5-3-4-6-13-11;/h11,13H,3-7H2,1-2H3,(H,14,16);1H/t11-;/m1./s1. The molecule has 0 radical (unpaired) electrons. The van der Waals surface area contributed by atoms with Gasteiger partial charge in [0.05, 0.1) is 11.7 Å². The number of aromatic nitrogens is 1. The summed E-state index contributed by atoms with van der Waals surface area (Å²) >= 11 is 0. The number of nitrogens with zero attached hydrogens (tertiary/aromatic N) is 1. The normalized spacial score (nSPS) is 19.1. The van der Waals surface area contributed by atoms with Crippen molar-refractivity contribution in [3.8, 4) is 0 Å². The molecule has 0 saturated carbocycles. The summed E-state index contributed by atoms with van der Waals surface area (Å²) < 4.78 is 5.06. The molecule has 1 aromatic rings. The highest BCUT2D eigenvalue weighted by molar-refractivity contribution is 5.85. The number of piperidine rings is 1. The highest BCUT2D eigenvalue weighted by atomic mass is 35.5. The molecule has 18 heavy (non-hydrogen) atoms. The van der Waals surface area contributed by atoms with Crippen molar-refractivity contribution in [2.75, 3.05) is 6.54 Å². The number of rotatable bonds is 3. The van der Waals surface area contributed by atoms with Gasteiger partial charge in [0.15, 0.2) is 0 Å². The van der Waals surface area contributed by atoms with Gasteiger partial charge in [0.1, 0.15) is 5.76 Å². The molecule has 2 N–H and O–H groups in total. The van der Waals surface area contributed by atoms with Crippen LogP contribution >= 0.6 is 12.4 Å². The van der Waals surface area contributed by atoms with Crippen LogP contribution in [0.5, 0.6) is 0 Å². The molecule has 2 heterocycles. The second-order valence-electron chi connectivity index (χ2n) is 4.52. The largest absolute Gasteiger partial charge is 0.361 e. The molecule has 1 saturated heterocycles. The predicted molar refractivity (Wildman–Crippen MR) is 70.7 cm³/mol. The Morgan fingerprint density at radius 2 is 2.28 bits per heavy atom. The fourth-order valence-electron chi connectivity index (χ4n) is 2.13. The van der Waals surface area contributed by atoms with Crippen LogP contribution in [-0.2, 0) is 11.3 Å². The minimum Gasteiger partial charge on any atom is -0.361 e. The van der Waals surface area contributed by atoms with Crippen molar-refractivity contribution in [2.24, 2.45) is 0 Å². The number of amides is 1. The Labute approximate surface area is 113 Å². The monoisotopic (exact) mass is 273 g/mol. The Morgan fingerprint density at radius 3 is 2.83 bits per heavy atom. The highest BCUT2D eigenvalue weighted by Crippen LogP contribution is 2.12. The molecule has 2 rings (SSSR count). The lowest BCUT2D eigenvalue weighted by atomic mass is 10.0. The van der Waals surface area contributed by atoms with E-state index in [1.54, 1.807) is 0 Å². The molecule has 1 aromatic heterocycles. The number of carbonyl (C=O) groups is 1. The van der Waals surface area contributed by atoms with Gasteiger partial charge in [-0.2, -0.15) is 0 Å². The van der Waals surface area contributed by atoms with E-state index in [2.05, 4.69) is 15.8 Å². The van der Waals surface area contributed by atoms with E-state index in [1.165, 1.54) is 0 Å². The molecule has 0 spiro atoms. The minimum absolute atomic E-state index is 0. The van der Waals surface area contributed by atoms with Crippen molar-refractivity contribution in [3.63, 3.8) is 0 Å². The minimum atomic E-state index is -0.0378. The third kappa shape index (κ3) is 3.46. The van der Waals surface area contributed by atoms with Gasteiger partial charge in [-0.1, -0.05) is 11.6 Å². The quantitative estimate of drug-likeness (QED) is 0.875. The Balaban J connectivity index is 0.00000162. The fraction of sp³-hybridized carbons (Fsp3) is 0.667. The van der Waals surface area contributed by atoms with Crippen molar-refractivity contribution >= 4 is 18.3 Å². The average molecular weight is 274 g/mol. The van der Waals surface area contributed by atoms with Gasteiger partial charge in [0.25, 0.3) is 0 Å². The van der Waals surface area contributed by atoms with Crippen molar-refractivity contribution in [2.45, 2.75) is 45.7 Å². The van der Waals surface area contributed by atoms with Crippen LogP contribution in [0.3, 0.4) is 0 Å². The first-order valence-corrected chi connectivity index (χ1v) is 6.11. The zero-order chi connectivity index (χ0) is 12.3. The van der Waals surface area contributed by atoms with Gasteiger partial charge in [0.2, 0.25) is 5.91 Å². The smallest absolute Gasteiger partial charge is 0.237 e. The summed E-state index contributed by atoms with van der Waals surface area (Å²) in [6.07, 6.45) is 3.21. The van der Waals surface area contributed by atoms with Crippen LogP contribution in [0, 0.1) is 13.8 Å². The molecular weight excluding hydrogens is 254 g/mol. The van der Waals surface area contributed by atoms with Crippen LogP contribution in [0.4, 0.5) is 0 Å². The van der Waals surface area contributed by atoms with Crippen molar-refractivity contribution in [1.29, 1.82) is 0 Å². The summed E-state index contributed by atoms with van der Waals surface area (Å²) in [4.78, 5) is 11.9. The van der Waals surface area contributed by atoms with Gasteiger partial charge >= 0.3 is 0 Å². The molecule has 102 valence electrons. The predicted octanol–water partition coefficient (Wildman–Crippen LogP) is 1.47. The van der Waals surface area contributed by atoms with E-state index < -0.39 is 0 Å². The van der Waals surface area contributed by atoms with Crippen molar-refractivity contribution in [3.05, 3.63) is 17.0 Å². The number of hydrogen-bond donors (Lipinski definition) is 2. The Morgan fingerprint density at radius 1 is 1.50 bits per heavy atom. The van der Waals surface area contributed by atoms with E-state index in [9.17, 15) is 4.79 Å². The molecule has 0 unspecified atom stereocenters. The van der Waals surface area contributed by atoms with Crippen LogP contribution in [0.25, 0.3) is 0 Å². The molecule has 1 aliphatic heterocycles. The van der Waals surface area contributed by atoms with E-state index in [0.717, 1.165) is 42.8 Å². The zero-order valence-corrected chi connectivity index (χ0v) is 11.6. The van der Waals surface area contributed by atoms with Gasteiger partial charge in [-0.15, -0.1) is 12.4 Å². The van der Waals surface area contributed by atoms with Crippen molar-refractivity contribution < 1.29 is 9.32 Å². The maximum atomic E-state index is 11.9. The third-order valence-corrected chi connectivity index (χ3v) is 3.25. The average Bonchev–Trinajstić information content (AvgIpc) is 2.67. The molecule has 0 bridgehead atoms. The maximum Gasteiger partial charge on any atom is 0.237 e. The molecule has 0 aliphatic carbocycles. The summed E-state index contributed by atoms with van der Waals surface area (Å²) in [7, 11) is 0. The van der Waals surface area contributed by atoms with Gasteiger partial charge < -0.3 is 15.2 Å². The molecule has 0 aromatic carbocycles. The van der Waals surface area contributed by atoms with Gasteiger partial charge in [-0.3, -0.25) is 4.79 Å². The summed E-state index contributed by atoms with van der Waals surface area (Å²) in [5.74, 6) is 0.851. The zero-order valence-electron chi connectivity index (χ0n) is 10.8. The van der Waals surface area contributed by atoms with Crippen LogP contribution in [0.15, 0.2) is 4.52 Å². The SMILES string of the molecule is Cc1noc(C)c1CNC(=O)[C@H]1CCCCN1.Cl. The molecular formula is C12H20ClN3O2. The molecule has 1 amide bonds. The molecule has 1 fully saturated rings. The first kappa shape index (κ1) is 15.0. The summed E-state index contributed by atoms with van der Waals surface area (Å²) in [6.45, 7) is 5.18. The second kappa shape index (κ2) is 6.75. The lowest BCUT2D eigenvalue weighted by Gasteiger charge is -2.22. The summed E-state index contributed by atoms with van der Waals surface area (Å²) in [5.41, 5.74) is 1.83. The number of carbonyl (C=O) groups excluding carboxylic acids is 1. The molecule has 1 atom stereocenters. The lowest BCUT2D eigenvalue weighted by Crippen LogP contribution is -2.46. The number of halogens is 1. The Bertz CT molecular complexity index is 381. The molecule has 6 heteroatoms. The first-order chi connectivity index (χ1) is 8.18. The molecule has 5 nitrogen and oxygen atoms in total. The fourth-order valence-corrected chi connectivity index (χ4v) is 2.13. The maximum absolute atomic E-state index is 11.9. The summed E-state index contributed by atoms with van der Waals surface area (Å²) in [6, 6.07) is -0.0378. The highest BCUT2D eigenvalue weighted by Gasteiger charge is 2.20. The van der Waals surface area contributed by atoms with Gasteiger partial charge in [-0.25, -0.2) is 0 Å². The van der Waals surface area contributed by atoms with Crippen molar-refractivity contribution in [1.82, 2.24) is 15.8 Å². The molecule has 1 aliphatic rings. The van der Waals surface area contributed by atoms with Crippen LogP contribution in [0.1, 0.15) is 36.3 Å².